The average Bonchev–Trinajstić information content (AvgIpc) is 2.82. The van der Waals surface area contributed by atoms with Crippen molar-refractivity contribution in [2.75, 3.05) is 11.9 Å². The minimum atomic E-state index is 0.365. The molecule has 5 nitrogen and oxygen atoms in total. The summed E-state index contributed by atoms with van der Waals surface area (Å²) in [5, 5.41) is 0. The van der Waals surface area contributed by atoms with Crippen molar-refractivity contribution >= 4 is 5.82 Å². The minimum absolute atomic E-state index is 0.365. The Labute approximate surface area is 94.3 Å². The predicted octanol–water partition coefficient (Wildman–Crippen LogP) is 0.900. The molecule has 0 unspecified atom stereocenters. The van der Waals surface area contributed by atoms with Crippen molar-refractivity contribution in [3.05, 3.63) is 42.1 Å². The second-order valence-corrected chi connectivity index (χ2v) is 3.59. The molecule has 0 saturated carbocycles. The van der Waals surface area contributed by atoms with Gasteiger partial charge in [0.05, 0.1) is 13.1 Å². The summed E-state index contributed by atoms with van der Waals surface area (Å²) >= 11 is 0. The van der Waals surface area contributed by atoms with Gasteiger partial charge in [-0.3, -0.25) is 0 Å². The van der Waals surface area contributed by atoms with E-state index in [0.29, 0.717) is 12.4 Å². The number of anilines is 1. The van der Waals surface area contributed by atoms with Crippen LogP contribution in [-0.4, -0.2) is 22.0 Å². The van der Waals surface area contributed by atoms with Crippen molar-refractivity contribution in [3.8, 4) is 0 Å². The molecule has 5 heteroatoms. The lowest BCUT2D eigenvalue weighted by Gasteiger charge is -2.17. The molecule has 0 spiro atoms. The van der Waals surface area contributed by atoms with Crippen molar-refractivity contribution in [2.45, 2.75) is 13.1 Å². The highest BCUT2D eigenvalue weighted by Crippen LogP contribution is 2.10. The lowest BCUT2D eigenvalue weighted by molar-refractivity contribution is 0.837. The maximum absolute atomic E-state index is 5.51. The predicted molar refractivity (Wildman–Crippen MR) is 62.8 cm³/mol. The molecule has 0 aliphatic heterocycles. The Balaban J connectivity index is 2.11. The number of nitrogens with two attached hydrogens (primary N) is 1. The Hall–Kier alpha value is -1.88. The first-order valence-corrected chi connectivity index (χ1v) is 5.15. The highest BCUT2D eigenvalue weighted by Gasteiger charge is 2.04. The largest absolute Gasteiger partial charge is 0.364 e. The van der Waals surface area contributed by atoms with Crippen LogP contribution in [0.15, 0.2) is 30.6 Å². The first-order chi connectivity index (χ1) is 7.79. The number of hydrogen-bond donors (Lipinski definition) is 2. The van der Waals surface area contributed by atoms with E-state index in [1.807, 2.05) is 36.3 Å². The van der Waals surface area contributed by atoms with Gasteiger partial charge in [0.1, 0.15) is 11.6 Å². The van der Waals surface area contributed by atoms with Crippen LogP contribution in [0.3, 0.4) is 0 Å². The van der Waals surface area contributed by atoms with Crippen LogP contribution in [-0.2, 0) is 13.1 Å². The number of hydrogen-bond acceptors (Lipinski definition) is 4. The summed E-state index contributed by atoms with van der Waals surface area (Å²) in [6.07, 6.45) is 3.64. The Morgan fingerprint density at radius 2 is 2.31 bits per heavy atom. The van der Waals surface area contributed by atoms with E-state index < -0.39 is 0 Å². The van der Waals surface area contributed by atoms with Gasteiger partial charge in [0.2, 0.25) is 0 Å². The van der Waals surface area contributed by atoms with Crippen LogP contribution in [0.2, 0.25) is 0 Å². The molecule has 0 atom stereocenters. The van der Waals surface area contributed by atoms with Crippen molar-refractivity contribution in [1.82, 2.24) is 15.0 Å². The van der Waals surface area contributed by atoms with Gasteiger partial charge >= 0.3 is 0 Å². The zero-order valence-corrected chi connectivity index (χ0v) is 9.22. The summed E-state index contributed by atoms with van der Waals surface area (Å²) in [6, 6.07) is 5.90. The zero-order chi connectivity index (χ0) is 11.4. The van der Waals surface area contributed by atoms with Crippen LogP contribution in [0.4, 0.5) is 5.82 Å². The molecule has 0 fully saturated rings. The second kappa shape index (κ2) is 4.76. The topological polar surface area (TPSA) is 70.8 Å². The van der Waals surface area contributed by atoms with Gasteiger partial charge in [-0.05, 0) is 18.2 Å². The van der Waals surface area contributed by atoms with Crippen molar-refractivity contribution in [2.24, 2.45) is 5.73 Å². The smallest absolute Gasteiger partial charge is 0.144 e. The van der Waals surface area contributed by atoms with Crippen LogP contribution in [0.1, 0.15) is 11.5 Å². The molecular weight excluding hydrogens is 202 g/mol. The first-order valence-electron chi connectivity index (χ1n) is 5.15. The zero-order valence-electron chi connectivity index (χ0n) is 9.22. The number of nitrogens with zero attached hydrogens (tertiary/aromatic N) is 3. The summed E-state index contributed by atoms with van der Waals surface area (Å²) in [5.41, 5.74) is 6.65. The fourth-order valence-electron chi connectivity index (χ4n) is 1.50. The van der Waals surface area contributed by atoms with Gasteiger partial charge < -0.3 is 15.6 Å². The van der Waals surface area contributed by atoms with Crippen molar-refractivity contribution in [3.63, 3.8) is 0 Å². The van der Waals surface area contributed by atoms with Crippen molar-refractivity contribution in [1.29, 1.82) is 0 Å². The van der Waals surface area contributed by atoms with E-state index in [0.717, 1.165) is 18.1 Å². The number of aromatic nitrogens is 3. The Morgan fingerprint density at radius 1 is 1.44 bits per heavy atom. The van der Waals surface area contributed by atoms with Gasteiger partial charge in [-0.25, -0.2) is 9.97 Å². The molecule has 2 aromatic heterocycles. The molecule has 3 N–H and O–H groups in total. The normalized spacial score (nSPS) is 10.4. The molecular formula is C11H15N5. The molecule has 16 heavy (non-hydrogen) atoms. The van der Waals surface area contributed by atoms with E-state index in [-0.39, 0.29) is 0 Å². The molecule has 2 aromatic rings. The molecule has 0 aliphatic carbocycles. The summed E-state index contributed by atoms with van der Waals surface area (Å²) in [4.78, 5) is 13.6. The molecule has 0 aromatic carbocycles. The fourth-order valence-corrected chi connectivity index (χ4v) is 1.50. The molecule has 2 heterocycles. The summed E-state index contributed by atoms with van der Waals surface area (Å²) < 4.78 is 0. The lowest BCUT2D eigenvalue weighted by atomic mass is 10.4. The first kappa shape index (κ1) is 10.6. The van der Waals surface area contributed by atoms with Crippen LogP contribution >= 0.6 is 0 Å². The number of rotatable bonds is 4. The van der Waals surface area contributed by atoms with E-state index >= 15 is 0 Å². The van der Waals surface area contributed by atoms with Gasteiger partial charge in [0, 0.05) is 25.1 Å². The maximum atomic E-state index is 5.51. The van der Waals surface area contributed by atoms with E-state index in [4.69, 9.17) is 5.73 Å². The highest BCUT2D eigenvalue weighted by molar-refractivity contribution is 5.36. The summed E-state index contributed by atoms with van der Waals surface area (Å²) in [7, 11) is 1.99. The summed E-state index contributed by atoms with van der Waals surface area (Å²) in [5.74, 6) is 1.54. The third kappa shape index (κ3) is 2.38. The van der Waals surface area contributed by atoms with E-state index in [9.17, 15) is 0 Å². The highest BCUT2D eigenvalue weighted by atomic mass is 15.2. The maximum Gasteiger partial charge on any atom is 0.144 e. The van der Waals surface area contributed by atoms with E-state index in [1.54, 1.807) is 6.20 Å². The molecule has 84 valence electrons. The molecule has 2 rings (SSSR count). The third-order valence-electron chi connectivity index (χ3n) is 2.33. The van der Waals surface area contributed by atoms with Crippen molar-refractivity contribution < 1.29 is 0 Å². The summed E-state index contributed by atoms with van der Waals surface area (Å²) in [6.45, 7) is 1.15. The second-order valence-electron chi connectivity index (χ2n) is 3.59. The molecule has 0 saturated heterocycles. The van der Waals surface area contributed by atoms with Gasteiger partial charge in [-0.15, -0.1) is 0 Å². The average molecular weight is 217 g/mol. The minimum Gasteiger partial charge on any atom is -0.364 e. The van der Waals surface area contributed by atoms with Gasteiger partial charge in [0.25, 0.3) is 0 Å². The molecule has 0 bridgehead atoms. The quantitative estimate of drug-likeness (QED) is 0.798. The standard InChI is InChI=1S/C11H15N5/c1-16(8-9-3-2-5-13-9)11-4-6-14-10(7-12)15-11/h2-6,13H,7-8,12H2,1H3. The molecule has 0 amide bonds. The fraction of sp³-hybridized carbons (Fsp3) is 0.273. The van der Waals surface area contributed by atoms with Gasteiger partial charge in [-0.1, -0.05) is 0 Å². The molecule has 0 aliphatic rings. The number of nitrogens with one attached hydrogen (secondary N) is 1. The van der Waals surface area contributed by atoms with E-state index in [1.165, 1.54) is 0 Å². The molecule has 0 radical (unpaired) electrons. The number of H-pyrrole nitrogens is 1. The number of aromatic amines is 1. The third-order valence-corrected chi connectivity index (χ3v) is 2.33. The Bertz CT molecular complexity index is 437. The van der Waals surface area contributed by atoms with Crippen LogP contribution in [0.5, 0.6) is 0 Å². The van der Waals surface area contributed by atoms with Crippen LogP contribution in [0, 0.1) is 0 Å². The monoisotopic (exact) mass is 217 g/mol. The van der Waals surface area contributed by atoms with Gasteiger partial charge in [-0.2, -0.15) is 0 Å². The van der Waals surface area contributed by atoms with E-state index in [2.05, 4.69) is 15.0 Å². The Kier molecular flexibility index (Phi) is 3.16. The van der Waals surface area contributed by atoms with Gasteiger partial charge in [0.15, 0.2) is 0 Å². The Morgan fingerprint density at radius 3 is 3.00 bits per heavy atom. The van der Waals surface area contributed by atoms with Crippen LogP contribution < -0.4 is 10.6 Å². The SMILES string of the molecule is CN(Cc1ccc[nH]1)c1ccnc(CN)n1. The van der Waals surface area contributed by atoms with Crippen LogP contribution in [0.25, 0.3) is 0 Å². The lowest BCUT2D eigenvalue weighted by Crippen LogP contribution is -2.19.